The van der Waals surface area contributed by atoms with Gasteiger partial charge in [-0.05, 0) is 13.8 Å². The van der Waals surface area contributed by atoms with Crippen LogP contribution in [0.15, 0.2) is 0 Å². The second-order valence-corrected chi connectivity index (χ2v) is 4.09. The summed E-state index contributed by atoms with van der Waals surface area (Å²) in [4.78, 5) is 23.6. The van der Waals surface area contributed by atoms with Crippen LogP contribution < -0.4 is 0 Å². The quantitative estimate of drug-likeness (QED) is 0.358. The van der Waals surface area contributed by atoms with E-state index in [1.807, 2.05) is 0 Å². The molecule has 0 heterocycles. The molecule has 0 N–H and O–H groups in total. The zero-order chi connectivity index (χ0) is 17.7. The fraction of sp³-hybridized carbons (Fsp3) is 0.357. The average Bonchev–Trinajstić information content (AvgIpc) is 2.50. The van der Waals surface area contributed by atoms with Crippen molar-refractivity contribution in [2.24, 2.45) is 0 Å². The van der Waals surface area contributed by atoms with E-state index in [4.69, 9.17) is 5.26 Å². The lowest BCUT2D eigenvalue weighted by Gasteiger charge is -2.17. The van der Waals surface area contributed by atoms with Crippen LogP contribution in [0, 0.1) is 34.6 Å². The number of rotatable bonds is 5. The van der Waals surface area contributed by atoms with Crippen molar-refractivity contribution < 1.29 is 36.6 Å². The standard InChI is InChI=1S/C14H11F4NO4/c1-3-22-13(20)8(14(21)23-4-2)7-11(17)9(15)6(5-19)10(16)12(7)18/h8H,3-4H2,1-2H3. The van der Waals surface area contributed by atoms with Crippen LogP contribution in [0.3, 0.4) is 0 Å². The molecule has 0 fully saturated rings. The number of ether oxygens (including phenoxy) is 2. The largest absolute Gasteiger partial charge is 0.465 e. The van der Waals surface area contributed by atoms with Crippen LogP contribution in [0.1, 0.15) is 30.9 Å². The maximum Gasteiger partial charge on any atom is 0.325 e. The predicted octanol–water partition coefficient (Wildman–Crippen LogP) is 2.32. The molecule has 0 atom stereocenters. The van der Waals surface area contributed by atoms with Crippen LogP contribution in [-0.4, -0.2) is 25.2 Å². The van der Waals surface area contributed by atoms with Crippen LogP contribution in [0.25, 0.3) is 0 Å². The molecule has 9 heteroatoms. The van der Waals surface area contributed by atoms with E-state index in [1.165, 1.54) is 13.8 Å². The first-order chi connectivity index (χ1) is 10.8. The van der Waals surface area contributed by atoms with Crippen molar-refractivity contribution >= 4 is 11.9 Å². The van der Waals surface area contributed by atoms with Crippen molar-refractivity contribution in [1.29, 1.82) is 5.26 Å². The molecule has 0 amide bonds. The molecular formula is C14H11F4NO4. The van der Waals surface area contributed by atoms with E-state index < -0.39 is 52.3 Å². The van der Waals surface area contributed by atoms with Crippen LogP contribution in [-0.2, 0) is 19.1 Å². The number of nitriles is 1. The molecule has 0 aromatic heterocycles. The Labute approximate surface area is 128 Å². The van der Waals surface area contributed by atoms with Crippen molar-refractivity contribution in [3.63, 3.8) is 0 Å². The zero-order valence-corrected chi connectivity index (χ0v) is 12.1. The topological polar surface area (TPSA) is 76.4 Å². The van der Waals surface area contributed by atoms with E-state index in [0.717, 1.165) is 6.07 Å². The van der Waals surface area contributed by atoms with Crippen LogP contribution >= 0.6 is 0 Å². The summed E-state index contributed by atoms with van der Waals surface area (Å²) in [5, 5.41) is 8.52. The van der Waals surface area contributed by atoms with Crippen LogP contribution in [0.4, 0.5) is 17.6 Å². The molecule has 0 spiro atoms. The summed E-state index contributed by atoms with van der Waals surface area (Å²) in [6, 6.07) is 0.958. The molecule has 0 radical (unpaired) electrons. The maximum absolute atomic E-state index is 14.0. The third kappa shape index (κ3) is 3.41. The molecule has 0 bridgehead atoms. The van der Waals surface area contributed by atoms with E-state index in [1.54, 1.807) is 0 Å². The van der Waals surface area contributed by atoms with E-state index in [2.05, 4.69) is 9.47 Å². The first-order valence-corrected chi connectivity index (χ1v) is 6.40. The van der Waals surface area contributed by atoms with E-state index in [-0.39, 0.29) is 13.2 Å². The fourth-order valence-corrected chi connectivity index (χ4v) is 1.78. The highest BCUT2D eigenvalue weighted by atomic mass is 19.2. The van der Waals surface area contributed by atoms with Gasteiger partial charge in [-0.25, -0.2) is 17.6 Å². The third-order valence-corrected chi connectivity index (χ3v) is 2.74. The zero-order valence-electron chi connectivity index (χ0n) is 12.1. The lowest BCUT2D eigenvalue weighted by atomic mass is 9.95. The van der Waals surface area contributed by atoms with Gasteiger partial charge in [-0.3, -0.25) is 9.59 Å². The number of hydrogen-bond acceptors (Lipinski definition) is 5. The van der Waals surface area contributed by atoms with E-state index >= 15 is 0 Å². The Morgan fingerprint density at radius 2 is 1.35 bits per heavy atom. The monoisotopic (exact) mass is 333 g/mol. The third-order valence-electron chi connectivity index (χ3n) is 2.74. The van der Waals surface area contributed by atoms with Crippen molar-refractivity contribution in [2.45, 2.75) is 19.8 Å². The van der Waals surface area contributed by atoms with Crippen molar-refractivity contribution in [3.8, 4) is 6.07 Å². The number of carbonyl (C=O) groups excluding carboxylic acids is 2. The van der Waals surface area contributed by atoms with Crippen LogP contribution in [0.2, 0.25) is 0 Å². The van der Waals surface area contributed by atoms with Gasteiger partial charge in [0, 0.05) is 0 Å². The van der Waals surface area contributed by atoms with Gasteiger partial charge in [0.05, 0.1) is 18.8 Å². The molecule has 0 aliphatic heterocycles. The van der Waals surface area contributed by atoms with Gasteiger partial charge in [0.15, 0.2) is 29.2 Å². The minimum atomic E-state index is -2.35. The van der Waals surface area contributed by atoms with Crippen molar-refractivity contribution in [1.82, 2.24) is 0 Å². The molecule has 1 aromatic carbocycles. The molecule has 0 unspecified atom stereocenters. The molecule has 1 aromatic rings. The molecule has 0 saturated carbocycles. The van der Waals surface area contributed by atoms with Gasteiger partial charge in [0.1, 0.15) is 11.6 Å². The van der Waals surface area contributed by atoms with Gasteiger partial charge in [-0.2, -0.15) is 5.26 Å². The molecule has 23 heavy (non-hydrogen) atoms. The van der Waals surface area contributed by atoms with E-state index in [0.29, 0.717) is 0 Å². The summed E-state index contributed by atoms with van der Waals surface area (Å²) in [6.07, 6.45) is 0. The van der Waals surface area contributed by atoms with Gasteiger partial charge in [0.2, 0.25) is 0 Å². The molecule has 1 rings (SSSR count). The SMILES string of the molecule is CCOC(=O)C(C(=O)OCC)c1c(F)c(F)c(C#N)c(F)c1F. The van der Waals surface area contributed by atoms with Gasteiger partial charge in [0.25, 0.3) is 0 Å². The second kappa shape index (κ2) is 7.58. The summed E-state index contributed by atoms with van der Waals surface area (Å²) < 4.78 is 64.3. The van der Waals surface area contributed by atoms with Gasteiger partial charge >= 0.3 is 11.9 Å². The smallest absolute Gasteiger partial charge is 0.325 e. The van der Waals surface area contributed by atoms with E-state index in [9.17, 15) is 27.2 Å². The molecule has 0 saturated heterocycles. The van der Waals surface area contributed by atoms with Crippen LogP contribution in [0.5, 0.6) is 0 Å². The first kappa shape index (κ1) is 18.4. The Hall–Kier alpha value is -2.63. The fourth-order valence-electron chi connectivity index (χ4n) is 1.78. The summed E-state index contributed by atoms with van der Waals surface area (Å²) in [5.41, 5.74) is -3.01. The molecular weight excluding hydrogens is 322 g/mol. The molecule has 0 aliphatic carbocycles. The Bertz CT molecular complexity index is 637. The summed E-state index contributed by atoms with van der Waals surface area (Å²) >= 11 is 0. The number of hydrogen-bond donors (Lipinski definition) is 0. The van der Waals surface area contributed by atoms with Gasteiger partial charge in [-0.1, -0.05) is 0 Å². The van der Waals surface area contributed by atoms with Crippen molar-refractivity contribution in [2.75, 3.05) is 13.2 Å². The number of halogens is 4. The highest BCUT2D eigenvalue weighted by Gasteiger charge is 2.40. The normalized spacial score (nSPS) is 10.3. The van der Waals surface area contributed by atoms with Gasteiger partial charge < -0.3 is 9.47 Å². The highest BCUT2D eigenvalue weighted by Crippen LogP contribution is 2.31. The number of carbonyl (C=O) groups is 2. The summed E-state index contributed by atoms with van der Waals surface area (Å²) in [6.45, 7) is 2.21. The molecule has 0 aliphatic rings. The first-order valence-electron chi connectivity index (χ1n) is 6.40. The average molecular weight is 333 g/mol. The minimum absolute atomic E-state index is 0.251. The number of benzene rings is 1. The minimum Gasteiger partial charge on any atom is -0.465 e. The maximum atomic E-state index is 14.0. The Morgan fingerprint density at radius 1 is 0.957 bits per heavy atom. The summed E-state index contributed by atoms with van der Waals surface area (Å²) in [5.74, 6) is -13.3. The van der Waals surface area contributed by atoms with Gasteiger partial charge in [-0.15, -0.1) is 0 Å². The Balaban J connectivity index is 3.63. The second-order valence-electron chi connectivity index (χ2n) is 4.09. The highest BCUT2D eigenvalue weighted by molar-refractivity contribution is 6.01. The lowest BCUT2D eigenvalue weighted by molar-refractivity contribution is -0.157. The molecule has 124 valence electrons. The summed E-state index contributed by atoms with van der Waals surface area (Å²) in [7, 11) is 0. The lowest BCUT2D eigenvalue weighted by Crippen LogP contribution is -2.29. The predicted molar refractivity (Wildman–Crippen MR) is 67.0 cm³/mol. The molecule has 5 nitrogen and oxygen atoms in total. The Morgan fingerprint density at radius 3 is 1.65 bits per heavy atom. The number of esters is 2. The number of nitrogens with zero attached hydrogens (tertiary/aromatic N) is 1. The Kier molecular flexibility index (Phi) is 6.07. The van der Waals surface area contributed by atoms with Crippen molar-refractivity contribution in [3.05, 3.63) is 34.4 Å².